The maximum atomic E-state index is 13.0. The van der Waals surface area contributed by atoms with E-state index in [0.717, 1.165) is 25.9 Å². The van der Waals surface area contributed by atoms with Crippen LogP contribution in [0.15, 0.2) is 24.3 Å². The smallest absolute Gasteiger partial charge is 0.239 e. The molecule has 0 aromatic heterocycles. The molecule has 1 fully saturated rings. The minimum absolute atomic E-state index is 0.0473. The number of amides is 2. The Labute approximate surface area is 129 Å². The maximum Gasteiger partial charge on any atom is 0.239 e. The largest absolute Gasteiger partial charge is 0.354 e. The van der Waals surface area contributed by atoms with Crippen molar-refractivity contribution in [3.8, 4) is 0 Å². The molecule has 0 spiro atoms. The number of hydrogen-bond donors (Lipinski definition) is 3. The number of piperidine rings is 1. The van der Waals surface area contributed by atoms with Crippen molar-refractivity contribution in [1.82, 2.24) is 16.0 Å². The standard InChI is InChI=1S/C16H22FN3O2/c17-14-5-1-3-12(7-14)8-15(21)20-11-16(22)19-10-13-4-2-6-18-9-13/h1,3,5,7,13,18H,2,4,6,8-11H2,(H,19,22)(H,20,21). The Hall–Kier alpha value is -1.95. The summed E-state index contributed by atoms with van der Waals surface area (Å²) < 4.78 is 13.0. The fourth-order valence-corrected chi connectivity index (χ4v) is 2.49. The average molecular weight is 307 g/mol. The topological polar surface area (TPSA) is 70.2 Å². The molecule has 1 atom stereocenters. The number of rotatable bonds is 6. The van der Waals surface area contributed by atoms with Gasteiger partial charge in [-0.25, -0.2) is 4.39 Å². The van der Waals surface area contributed by atoms with E-state index in [9.17, 15) is 14.0 Å². The van der Waals surface area contributed by atoms with E-state index in [1.54, 1.807) is 12.1 Å². The molecule has 2 rings (SSSR count). The summed E-state index contributed by atoms with van der Waals surface area (Å²) >= 11 is 0. The molecular weight excluding hydrogens is 285 g/mol. The lowest BCUT2D eigenvalue weighted by molar-refractivity contribution is -0.125. The van der Waals surface area contributed by atoms with Crippen LogP contribution in [-0.4, -0.2) is 38.0 Å². The van der Waals surface area contributed by atoms with Crippen molar-refractivity contribution in [2.75, 3.05) is 26.2 Å². The van der Waals surface area contributed by atoms with Crippen molar-refractivity contribution >= 4 is 11.8 Å². The molecule has 0 aliphatic carbocycles. The lowest BCUT2D eigenvalue weighted by Gasteiger charge is -2.22. The van der Waals surface area contributed by atoms with E-state index in [1.165, 1.54) is 12.1 Å². The van der Waals surface area contributed by atoms with Gasteiger partial charge in [0.1, 0.15) is 5.82 Å². The third-order valence-electron chi connectivity index (χ3n) is 3.69. The first-order valence-electron chi connectivity index (χ1n) is 7.62. The lowest BCUT2D eigenvalue weighted by atomic mass is 10.00. The van der Waals surface area contributed by atoms with E-state index >= 15 is 0 Å². The normalized spacial score (nSPS) is 17.8. The predicted molar refractivity (Wildman–Crippen MR) is 81.7 cm³/mol. The van der Waals surface area contributed by atoms with E-state index in [4.69, 9.17) is 0 Å². The Balaban J connectivity index is 1.64. The van der Waals surface area contributed by atoms with E-state index in [1.807, 2.05) is 0 Å². The number of halogens is 1. The zero-order valence-electron chi connectivity index (χ0n) is 12.5. The summed E-state index contributed by atoms with van der Waals surface area (Å²) in [6.07, 6.45) is 2.31. The predicted octanol–water partition coefficient (Wildman–Crippen LogP) is 0.600. The average Bonchev–Trinajstić information content (AvgIpc) is 2.52. The number of nitrogens with one attached hydrogen (secondary N) is 3. The van der Waals surface area contributed by atoms with E-state index in [2.05, 4.69) is 16.0 Å². The SMILES string of the molecule is O=C(CNC(=O)Cc1cccc(F)c1)NCC1CCCNC1. The number of carbonyl (C=O) groups is 2. The van der Waals surface area contributed by atoms with Crippen molar-refractivity contribution in [2.24, 2.45) is 5.92 Å². The summed E-state index contributed by atoms with van der Waals surface area (Å²) in [5.41, 5.74) is 0.589. The summed E-state index contributed by atoms with van der Waals surface area (Å²) in [6, 6.07) is 5.88. The Morgan fingerprint density at radius 2 is 2.14 bits per heavy atom. The van der Waals surface area contributed by atoms with Gasteiger partial charge in [-0.2, -0.15) is 0 Å². The molecule has 3 N–H and O–H groups in total. The van der Waals surface area contributed by atoms with Crippen LogP contribution >= 0.6 is 0 Å². The highest BCUT2D eigenvalue weighted by Crippen LogP contribution is 2.08. The number of carbonyl (C=O) groups excluding carboxylic acids is 2. The number of hydrogen-bond acceptors (Lipinski definition) is 3. The molecule has 0 bridgehead atoms. The van der Waals surface area contributed by atoms with E-state index in [-0.39, 0.29) is 30.6 Å². The van der Waals surface area contributed by atoms with Gasteiger partial charge in [0, 0.05) is 6.54 Å². The Bertz CT molecular complexity index is 516. The van der Waals surface area contributed by atoms with Crippen LogP contribution in [0.1, 0.15) is 18.4 Å². The molecular formula is C16H22FN3O2. The van der Waals surface area contributed by atoms with Crippen LogP contribution < -0.4 is 16.0 Å². The summed E-state index contributed by atoms with van der Waals surface area (Å²) in [4.78, 5) is 23.4. The van der Waals surface area contributed by atoms with E-state index in [0.29, 0.717) is 18.0 Å². The van der Waals surface area contributed by atoms with E-state index < -0.39 is 0 Å². The van der Waals surface area contributed by atoms with Gasteiger partial charge in [-0.15, -0.1) is 0 Å². The first-order valence-corrected chi connectivity index (χ1v) is 7.62. The van der Waals surface area contributed by atoms with Crippen molar-refractivity contribution in [3.63, 3.8) is 0 Å². The highest BCUT2D eigenvalue weighted by Gasteiger charge is 2.14. The molecule has 2 amide bonds. The molecule has 6 heteroatoms. The quantitative estimate of drug-likeness (QED) is 0.721. The molecule has 5 nitrogen and oxygen atoms in total. The Morgan fingerprint density at radius 3 is 2.86 bits per heavy atom. The van der Waals surface area contributed by atoms with Crippen molar-refractivity contribution in [3.05, 3.63) is 35.6 Å². The molecule has 1 unspecified atom stereocenters. The first kappa shape index (κ1) is 16.4. The Kier molecular flexibility index (Phi) is 6.33. The van der Waals surface area contributed by atoms with Crippen LogP contribution in [0.2, 0.25) is 0 Å². The van der Waals surface area contributed by atoms with Gasteiger partial charge in [-0.1, -0.05) is 12.1 Å². The molecule has 1 saturated heterocycles. The molecule has 1 heterocycles. The second-order valence-corrected chi connectivity index (χ2v) is 5.60. The van der Waals surface area contributed by atoms with Gasteiger partial charge in [-0.05, 0) is 49.5 Å². The molecule has 120 valence electrons. The van der Waals surface area contributed by atoms with Crippen LogP contribution in [0.4, 0.5) is 4.39 Å². The third-order valence-corrected chi connectivity index (χ3v) is 3.69. The van der Waals surface area contributed by atoms with Gasteiger partial charge in [-0.3, -0.25) is 9.59 Å². The minimum atomic E-state index is -0.371. The molecule has 1 aliphatic rings. The minimum Gasteiger partial charge on any atom is -0.354 e. The molecule has 0 saturated carbocycles. The number of benzene rings is 1. The summed E-state index contributed by atoms with van der Waals surface area (Å²) in [5.74, 6) is -0.400. The van der Waals surface area contributed by atoms with Gasteiger partial charge < -0.3 is 16.0 Å². The fraction of sp³-hybridized carbons (Fsp3) is 0.500. The van der Waals surface area contributed by atoms with Gasteiger partial charge in [0.2, 0.25) is 11.8 Å². The molecule has 22 heavy (non-hydrogen) atoms. The molecule has 0 radical (unpaired) electrons. The van der Waals surface area contributed by atoms with Gasteiger partial charge in [0.15, 0.2) is 0 Å². The molecule has 1 aliphatic heterocycles. The highest BCUT2D eigenvalue weighted by molar-refractivity contribution is 5.85. The molecule has 1 aromatic carbocycles. The van der Waals surface area contributed by atoms with Crippen LogP contribution in [-0.2, 0) is 16.0 Å². The summed E-state index contributed by atoms with van der Waals surface area (Å²) in [6.45, 7) is 2.55. The first-order chi connectivity index (χ1) is 10.6. The molecule has 1 aromatic rings. The zero-order valence-corrected chi connectivity index (χ0v) is 12.5. The van der Waals surface area contributed by atoms with Crippen LogP contribution in [0, 0.1) is 11.7 Å². The van der Waals surface area contributed by atoms with Crippen molar-refractivity contribution in [1.29, 1.82) is 0 Å². The van der Waals surface area contributed by atoms with Crippen LogP contribution in [0.3, 0.4) is 0 Å². The van der Waals surface area contributed by atoms with Gasteiger partial charge >= 0.3 is 0 Å². The fourth-order valence-electron chi connectivity index (χ4n) is 2.49. The van der Waals surface area contributed by atoms with Gasteiger partial charge in [0.05, 0.1) is 13.0 Å². The van der Waals surface area contributed by atoms with Crippen molar-refractivity contribution < 1.29 is 14.0 Å². The maximum absolute atomic E-state index is 13.0. The highest BCUT2D eigenvalue weighted by atomic mass is 19.1. The zero-order chi connectivity index (χ0) is 15.8. The van der Waals surface area contributed by atoms with Gasteiger partial charge in [0.25, 0.3) is 0 Å². The summed E-state index contributed by atoms with van der Waals surface area (Å²) in [7, 11) is 0. The van der Waals surface area contributed by atoms with Crippen LogP contribution in [0.5, 0.6) is 0 Å². The van der Waals surface area contributed by atoms with Crippen LogP contribution in [0.25, 0.3) is 0 Å². The lowest BCUT2D eigenvalue weighted by Crippen LogP contribution is -2.42. The third kappa shape index (κ3) is 5.81. The second-order valence-electron chi connectivity index (χ2n) is 5.60. The monoisotopic (exact) mass is 307 g/mol. The second kappa shape index (κ2) is 8.48. The summed E-state index contributed by atoms with van der Waals surface area (Å²) in [5, 5.41) is 8.67. The Morgan fingerprint density at radius 1 is 1.27 bits per heavy atom. The van der Waals surface area contributed by atoms with Crippen molar-refractivity contribution in [2.45, 2.75) is 19.3 Å².